The number of alkyl carbamates (subject to hydrolysis) is 4. The number of ether oxygens (including phenoxy) is 8. The van der Waals surface area contributed by atoms with Gasteiger partial charge >= 0.3 is 104 Å². The topological polar surface area (TPSA) is 598 Å². The number of rotatable bonds is 19. The molecule has 4 aromatic carbocycles. The Labute approximate surface area is 842 Å². The van der Waals surface area contributed by atoms with Crippen molar-refractivity contribution in [3.63, 3.8) is 0 Å². The summed E-state index contributed by atoms with van der Waals surface area (Å²) >= 11 is 3.05. The largest absolute Gasteiger partial charge is 1.00 e. The van der Waals surface area contributed by atoms with Gasteiger partial charge in [0.1, 0.15) is 39.7 Å². The van der Waals surface area contributed by atoms with Crippen molar-refractivity contribution in [2.24, 2.45) is 11.1 Å². The van der Waals surface area contributed by atoms with Crippen LogP contribution in [0.2, 0.25) is 0 Å². The molecule has 45 heteroatoms. The number of carbonyl (C=O) groups excluding carboxylic acids is 11. The molecule has 6 heterocycles. The number of Topliss-reactive ketones (excluding diaryl/α,β-unsaturated/α-hetero) is 2. The number of aromatic hydroxyl groups is 3. The van der Waals surface area contributed by atoms with Crippen molar-refractivity contribution in [1.29, 1.82) is 0 Å². The average molecular weight is 2000 g/mol. The number of fused-ring (bicyclic) bond motifs is 1. The molecule has 137 heavy (non-hydrogen) atoms. The summed E-state index contributed by atoms with van der Waals surface area (Å²) in [6.07, 6.45) is 4.17. The maximum absolute atomic E-state index is 12.1. The standard InChI is InChI=1S/C21H25N3O6.C21H23N3O5.C21H24N2O6.C17H27BN2O4.C10H9BrO4.C2H4O2.ClH.Li.H3NO.Na.H2O/c1-12(24-28)16-9-14(19(26)29-5)10-17(18(16)25)13-6-7-22-15(8-13)11-23-20(27)30-21(2,3)4;1-12-16-9-14(19(25)27-5)10-17(18(16)29-24-12)13-6-7-22-15(8-13)11-23-20(26)28-21(2,3)4;1-12(24)16-9-14(19(26)28-5)10-17(18(16)25)13-6-7-22-15(8-13)11-23-20(27)29-21(2,3)4;1-15(2,3)22-14(21)20-11-13-10-12(8-9-19-13)18-23-16(4,5)17(6,7)24-18;1-5(12)7-3-6(10(14)15-2)4-8(11)9(7)13;1-2(3)4;;;1-2;;/h6-10,25,28H,11H2,1-5H3,(H,23,27);6-10H,11H2,1-5H3,(H,23,26);6-10,25H,11H2,1-5H3,(H,23,27);8-10H,11H2,1-7H3,(H,20,21);3-4,13H,1-2H3;1H3,(H,3,4);1H;;2H,1H2;;1H2/q;;;;;;;+1;;+1;/p-2/b24-12+;;;;;;;;;;. The van der Waals surface area contributed by atoms with Gasteiger partial charge in [-0.1, -0.05) is 10.3 Å². The van der Waals surface area contributed by atoms with Crippen LogP contribution in [0.3, 0.4) is 0 Å². The quantitative estimate of drug-likeness (QED) is 0.00700. The van der Waals surface area contributed by atoms with E-state index in [0.29, 0.717) is 61.9 Å². The van der Waals surface area contributed by atoms with E-state index < -0.39 is 101 Å². The molecule has 12 N–H and O–H groups in total. The third-order valence-electron chi connectivity index (χ3n) is 18.0. The maximum Gasteiger partial charge on any atom is 1.00 e. The third-order valence-corrected chi connectivity index (χ3v) is 18.6. The van der Waals surface area contributed by atoms with Crippen molar-refractivity contribution in [2.75, 3.05) is 28.4 Å². The summed E-state index contributed by atoms with van der Waals surface area (Å²) in [4.78, 5) is 143. The number of carboxylic acids is 1. The van der Waals surface area contributed by atoms with Crippen LogP contribution in [-0.2, 0) is 78.2 Å². The molecule has 1 saturated heterocycles. The van der Waals surface area contributed by atoms with E-state index >= 15 is 0 Å². The maximum atomic E-state index is 12.1. The molecular formula is C92H116BBrClLiN11NaO29. The number of benzene rings is 4. The Kier molecular flexibility index (Phi) is 50.9. The number of hydrogen-bond acceptors (Lipinski definition) is 36. The minimum absolute atomic E-state index is 0. The molecule has 9 aromatic rings. The second kappa shape index (κ2) is 55.9. The van der Waals surface area contributed by atoms with Crippen LogP contribution in [-0.4, -0.2) is 197 Å². The van der Waals surface area contributed by atoms with Gasteiger partial charge in [-0.05, 0) is 281 Å². The summed E-state index contributed by atoms with van der Waals surface area (Å²) in [5.41, 5.74) is 5.76. The summed E-state index contributed by atoms with van der Waals surface area (Å²) in [6.45, 7) is 37.0. The average Bonchev–Trinajstić information content (AvgIpc) is 1.75. The van der Waals surface area contributed by atoms with Gasteiger partial charge in [-0.2, -0.15) is 0 Å². The van der Waals surface area contributed by atoms with Gasteiger partial charge in [-0.25, -0.2) is 44.3 Å². The predicted molar refractivity (Wildman–Crippen MR) is 498 cm³/mol. The number of nitrogens with zero attached hydrogens (tertiary/aromatic N) is 6. The van der Waals surface area contributed by atoms with Crippen molar-refractivity contribution in [3.05, 3.63) is 194 Å². The number of phenolic OH excluding ortho intramolecular Hbond substituents is 3. The SMILES string of the molecule is CC(=O)[O-].CC(C)(C)OC(=O)NCc1cc(B2OC(C)(C)C(C)(C)O2)ccn1.COC(=O)c1cc(-c2ccnc(CNC(=O)OC(C)(C)C)c2)c2onc(C)c2c1.COC(=O)c1cc(/C(C)=N/O)c(O)c(-c2ccnc(CNC(=O)OC(C)(C)C)c2)c1.COC(=O)c1cc(Br)c(O)c(C(C)=O)c1.COC(=O)c1cc(C(C)=O)c(O)c(-c2ccnc(CNC(=O)OC(C)(C)C)c2)c1.Cl.NO.[Li+].[Na+].[OH-]. The zero-order chi connectivity index (χ0) is 101. The first-order valence-electron chi connectivity index (χ1n) is 40.5. The van der Waals surface area contributed by atoms with Crippen LogP contribution in [0.5, 0.6) is 17.2 Å². The van der Waals surface area contributed by atoms with Crippen LogP contribution in [0.15, 0.2) is 136 Å². The zero-order valence-corrected chi connectivity index (χ0v) is 86.0. The number of halogens is 2. The van der Waals surface area contributed by atoms with E-state index in [1.165, 1.54) is 98.0 Å². The van der Waals surface area contributed by atoms with Gasteiger partial charge in [0.2, 0.25) is 0 Å². The summed E-state index contributed by atoms with van der Waals surface area (Å²) < 4.78 is 57.5. The molecule has 0 unspecified atom stereocenters. The smallest absolute Gasteiger partial charge is 0.870 e. The number of carboxylic acid groups (broad SMARTS) is 1. The number of carbonyl (C=O) groups is 11. The number of phenols is 3. The van der Waals surface area contributed by atoms with Gasteiger partial charge in [0.25, 0.3) is 0 Å². The van der Waals surface area contributed by atoms with Crippen LogP contribution < -0.4 is 86.2 Å². The minimum atomic E-state index is -1.08. The molecule has 0 bridgehead atoms. The fourth-order valence-electron chi connectivity index (χ4n) is 11.3. The molecule has 0 spiro atoms. The Morgan fingerprint density at radius 1 is 0.467 bits per heavy atom. The van der Waals surface area contributed by atoms with Gasteiger partial charge in [0.15, 0.2) is 17.1 Å². The van der Waals surface area contributed by atoms with E-state index in [2.05, 4.69) is 78.1 Å². The number of aliphatic carboxylic acids is 1. The Morgan fingerprint density at radius 2 is 0.752 bits per heavy atom. The number of aryl methyl sites for hydroxylation is 1. The minimum Gasteiger partial charge on any atom is -0.870 e. The summed E-state index contributed by atoms with van der Waals surface area (Å²) in [5, 5.41) is 73.7. The van der Waals surface area contributed by atoms with Crippen LogP contribution >= 0.6 is 28.3 Å². The molecule has 5 aromatic heterocycles. The van der Waals surface area contributed by atoms with Gasteiger partial charge < -0.3 is 114 Å². The second-order valence-electron chi connectivity index (χ2n) is 33.8. The van der Waals surface area contributed by atoms with Crippen molar-refractivity contribution in [2.45, 2.75) is 205 Å². The van der Waals surface area contributed by atoms with Gasteiger partial charge in [-0.3, -0.25) is 29.5 Å². The summed E-state index contributed by atoms with van der Waals surface area (Å²) in [7, 11) is 4.61. The number of esters is 4. The van der Waals surface area contributed by atoms with E-state index in [0.717, 1.165) is 23.3 Å². The number of oxime groups is 1. The number of nitrogens with two attached hydrogens (primary N) is 1. The third kappa shape index (κ3) is 40.2. The summed E-state index contributed by atoms with van der Waals surface area (Å²) in [5.74, 6) is -1.13. The normalized spacial score (nSPS) is 11.9. The Balaban J connectivity index is 0.00000167. The Morgan fingerprint density at radius 3 is 1.07 bits per heavy atom. The summed E-state index contributed by atoms with van der Waals surface area (Å²) in [6, 6.07) is 25.6. The molecule has 1 fully saturated rings. The van der Waals surface area contributed by atoms with Crippen LogP contribution in [0.4, 0.5) is 19.2 Å². The molecule has 40 nitrogen and oxygen atoms in total. The van der Waals surface area contributed by atoms with E-state index in [-0.39, 0.29) is 165 Å². The number of aromatic nitrogens is 5. The molecule has 0 atom stereocenters. The molecule has 0 saturated carbocycles. The zero-order valence-electron chi connectivity index (χ0n) is 81.6. The molecule has 0 radical (unpaired) electrons. The second-order valence-corrected chi connectivity index (χ2v) is 34.7. The predicted octanol–water partition coefficient (Wildman–Crippen LogP) is 7.83. The number of nitrogens with one attached hydrogen (secondary N) is 4. The fourth-order valence-corrected chi connectivity index (χ4v) is 11.8. The van der Waals surface area contributed by atoms with E-state index in [1.807, 2.05) is 66.7 Å². The number of pyridine rings is 4. The van der Waals surface area contributed by atoms with Crippen molar-refractivity contribution < 1.29 is 189 Å². The fraction of sp³-hybridized carbons (Fsp3) is 0.380. The molecule has 732 valence electrons. The first-order chi connectivity index (χ1) is 61.8. The van der Waals surface area contributed by atoms with Gasteiger partial charge in [0, 0.05) is 58.4 Å². The number of hydrogen-bond donors (Lipinski definition) is 10. The van der Waals surface area contributed by atoms with E-state index in [9.17, 15) is 63.3 Å². The first kappa shape index (κ1) is 125. The monoisotopic (exact) mass is 1990 g/mol. The number of ketones is 2. The van der Waals surface area contributed by atoms with Gasteiger partial charge in [0.05, 0.1) is 138 Å². The van der Waals surface area contributed by atoms with Crippen LogP contribution in [0.1, 0.15) is 235 Å². The van der Waals surface area contributed by atoms with E-state index in [4.69, 9.17) is 67.3 Å². The Hall–Kier alpha value is -12.2. The van der Waals surface area contributed by atoms with Crippen molar-refractivity contribution in [3.8, 4) is 50.6 Å². The van der Waals surface area contributed by atoms with E-state index in [1.54, 1.807) is 124 Å². The molecular weight excluding hydrogens is 1880 g/mol. The molecule has 10 rings (SSSR count). The first-order valence-corrected chi connectivity index (χ1v) is 41.3. The van der Waals surface area contributed by atoms with Crippen molar-refractivity contribution in [1.82, 2.24) is 46.4 Å². The van der Waals surface area contributed by atoms with Gasteiger partial charge in [-0.15, -0.1) is 12.4 Å². The molecule has 4 amide bonds. The van der Waals surface area contributed by atoms with Crippen LogP contribution in [0.25, 0.3) is 44.3 Å². The number of methoxy groups -OCH3 is 4. The molecule has 1 aliphatic rings. The number of amides is 4. The molecule has 1 aliphatic heterocycles. The molecule has 0 aliphatic carbocycles. The van der Waals surface area contributed by atoms with Crippen LogP contribution in [0, 0.1) is 6.92 Å². The van der Waals surface area contributed by atoms with Crippen molar-refractivity contribution >= 4 is 123 Å². The Bertz CT molecular complexity index is 5700.